The summed E-state index contributed by atoms with van der Waals surface area (Å²) in [6.07, 6.45) is 2.77. The van der Waals surface area contributed by atoms with Gasteiger partial charge in [0.05, 0.1) is 7.11 Å². The lowest BCUT2D eigenvalue weighted by molar-refractivity contribution is 0.415. The van der Waals surface area contributed by atoms with Crippen LogP contribution in [0.3, 0.4) is 0 Å². The second-order valence-corrected chi connectivity index (χ2v) is 4.49. The minimum absolute atomic E-state index is 0.191. The fourth-order valence-corrected chi connectivity index (χ4v) is 1.98. The summed E-state index contributed by atoms with van der Waals surface area (Å²) < 4.78 is 5.14. The van der Waals surface area contributed by atoms with E-state index in [1.807, 2.05) is 48.5 Å². The summed E-state index contributed by atoms with van der Waals surface area (Å²) in [6, 6.07) is 18.1. The predicted molar refractivity (Wildman–Crippen MR) is 83.9 cm³/mol. The second kappa shape index (κ2) is 7.21. The zero-order valence-corrected chi connectivity index (χ0v) is 11.7. The van der Waals surface area contributed by atoms with Crippen molar-refractivity contribution in [3.05, 3.63) is 78.4 Å². The highest BCUT2D eigenvalue weighted by atomic mass is 16.5. The van der Waals surface area contributed by atoms with Crippen LogP contribution in [0.2, 0.25) is 0 Å². The van der Waals surface area contributed by atoms with Crippen molar-refractivity contribution in [3.8, 4) is 17.6 Å². The van der Waals surface area contributed by atoms with E-state index in [0.717, 1.165) is 17.7 Å². The molecule has 0 radical (unpaired) electrons. The Bertz CT molecular complexity index is 600. The van der Waals surface area contributed by atoms with E-state index < -0.39 is 0 Å². The summed E-state index contributed by atoms with van der Waals surface area (Å²) in [7, 11) is 1.66. The average molecular weight is 262 g/mol. The number of benzene rings is 2. The van der Waals surface area contributed by atoms with Gasteiger partial charge in [-0.25, -0.2) is 0 Å². The number of hydrogen-bond donors (Lipinski definition) is 0. The van der Waals surface area contributed by atoms with Crippen LogP contribution in [0.15, 0.2) is 67.3 Å². The van der Waals surface area contributed by atoms with Crippen molar-refractivity contribution in [3.63, 3.8) is 0 Å². The van der Waals surface area contributed by atoms with Crippen LogP contribution in [-0.4, -0.2) is 7.11 Å². The molecule has 2 rings (SSSR count). The Morgan fingerprint density at radius 1 is 1.10 bits per heavy atom. The fourth-order valence-electron chi connectivity index (χ4n) is 1.98. The molecule has 0 aliphatic rings. The third kappa shape index (κ3) is 3.76. The molecule has 0 spiro atoms. The highest BCUT2D eigenvalue weighted by Gasteiger charge is 2.05. The van der Waals surface area contributed by atoms with E-state index in [1.165, 1.54) is 5.56 Å². The highest BCUT2D eigenvalue weighted by Crippen LogP contribution is 2.19. The van der Waals surface area contributed by atoms with E-state index >= 15 is 0 Å². The molecule has 0 heterocycles. The summed E-state index contributed by atoms with van der Waals surface area (Å²) >= 11 is 0. The number of methoxy groups -OCH3 is 1. The van der Waals surface area contributed by atoms with Gasteiger partial charge in [0.2, 0.25) is 0 Å². The summed E-state index contributed by atoms with van der Waals surface area (Å²) in [5.74, 6) is 7.59. The summed E-state index contributed by atoms with van der Waals surface area (Å²) in [5.41, 5.74) is 2.23. The Balaban J connectivity index is 2.20. The lowest BCUT2D eigenvalue weighted by Gasteiger charge is -2.07. The summed E-state index contributed by atoms with van der Waals surface area (Å²) in [5, 5.41) is 0. The maximum Gasteiger partial charge on any atom is 0.118 e. The third-order valence-electron chi connectivity index (χ3n) is 3.09. The van der Waals surface area contributed by atoms with Gasteiger partial charge in [0, 0.05) is 11.5 Å². The largest absolute Gasteiger partial charge is 0.497 e. The van der Waals surface area contributed by atoms with Crippen molar-refractivity contribution in [1.29, 1.82) is 0 Å². The Hall–Kier alpha value is -2.46. The smallest absolute Gasteiger partial charge is 0.118 e. The molecule has 0 saturated heterocycles. The molecule has 1 atom stereocenters. The maximum absolute atomic E-state index is 5.14. The third-order valence-corrected chi connectivity index (χ3v) is 3.09. The van der Waals surface area contributed by atoms with Gasteiger partial charge in [0.15, 0.2) is 0 Å². The van der Waals surface area contributed by atoms with Crippen LogP contribution in [0.5, 0.6) is 5.75 Å². The molecule has 0 amide bonds. The predicted octanol–water partition coefficient (Wildman–Crippen LogP) is 4.41. The molecule has 0 aliphatic heterocycles. The first-order valence-electron chi connectivity index (χ1n) is 6.65. The van der Waals surface area contributed by atoms with Gasteiger partial charge < -0.3 is 4.74 Å². The van der Waals surface area contributed by atoms with Crippen LogP contribution >= 0.6 is 0 Å². The zero-order chi connectivity index (χ0) is 14.2. The second-order valence-electron chi connectivity index (χ2n) is 4.49. The molecule has 0 aromatic heterocycles. The molecule has 0 bridgehead atoms. The van der Waals surface area contributed by atoms with E-state index in [-0.39, 0.29) is 5.92 Å². The van der Waals surface area contributed by atoms with Gasteiger partial charge in [-0.3, -0.25) is 0 Å². The van der Waals surface area contributed by atoms with Gasteiger partial charge in [-0.05, 0) is 36.2 Å². The van der Waals surface area contributed by atoms with Crippen molar-refractivity contribution in [2.75, 3.05) is 7.11 Å². The molecule has 1 nitrogen and oxygen atoms in total. The monoisotopic (exact) mass is 262 g/mol. The van der Waals surface area contributed by atoms with Crippen LogP contribution in [0, 0.1) is 11.8 Å². The van der Waals surface area contributed by atoms with Crippen LogP contribution in [0.1, 0.15) is 23.5 Å². The van der Waals surface area contributed by atoms with Crippen molar-refractivity contribution < 1.29 is 4.74 Å². The van der Waals surface area contributed by atoms with Gasteiger partial charge in [-0.15, -0.1) is 6.58 Å². The van der Waals surface area contributed by atoms with Crippen LogP contribution in [-0.2, 0) is 0 Å². The summed E-state index contributed by atoms with van der Waals surface area (Å²) in [4.78, 5) is 0. The molecule has 2 aromatic carbocycles. The molecule has 2 aromatic rings. The van der Waals surface area contributed by atoms with E-state index in [9.17, 15) is 0 Å². The molecular formula is C19H18O. The van der Waals surface area contributed by atoms with Gasteiger partial charge >= 0.3 is 0 Å². The first-order chi connectivity index (χ1) is 9.83. The molecule has 0 saturated carbocycles. The van der Waals surface area contributed by atoms with Gasteiger partial charge in [0.25, 0.3) is 0 Å². The van der Waals surface area contributed by atoms with Crippen molar-refractivity contribution in [2.45, 2.75) is 12.3 Å². The maximum atomic E-state index is 5.14. The van der Waals surface area contributed by atoms with Crippen molar-refractivity contribution >= 4 is 0 Å². The Kier molecular flexibility index (Phi) is 5.03. The van der Waals surface area contributed by atoms with Crippen molar-refractivity contribution in [1.82, 2.24) is 0 Å². The average Bonchev–Trinajstić information content (AvgIpc) is 2.53. The molecule has 1 heteroatoms. The van der Waals surface area contributed by atoms with Crippen LogP contribution < -0.4 is 4.74 Å². The Morgan fingerprint density at radius 2 is 1.80 bits per heavy atom. The molecule has 0 aliphatic carbocycles. The summed E-state index contributed by atoms with van der Waals surface area (Å²) in [6.45, 7) is 3.82. The first kappa shape index (κ1) is 14.0. The first-order valence-corrected chi connectivity index (χ1v) is 6.65. The SMILES string of the molecule is C=CCC(C#Cc1ccc(OC)cc1)c1ccccc1. The zero-order valence-electron chi connectivity index (χ0n) is 11.7. The minimum Gasteiger partial charge on any atom is -0.497 e. The lowest BCUT2D eigenvalue weighted by atomic mass is 9.96. The fraction of sp³-hybridized carbons (Fsp3) is 0.158. The highest BCUT2D eigenvalue weighted by molar-refractivity contribution is 5.40. The quantitative estimate of drug-likeness (QED) is 0.586. The molecule has 0 N–H and O–H groups in total. The van der Waals surface area contributed by atoms with Gasteiger partial charge in [0.1, 0.15) is 5.75 Å². The number of hydrogen-bond acceptors (Lipinski definition) is 1. The van der Waals surface area contributed by atoms with E-state index in [1.54, 1.807) is 7.11 Å². The van der Waals surface area contributed by atoms with Crippen molar-refractivity contribution in [2.24, 2.45) is 0 Å². The normalized spacial score (nSPS) is 11.1. The molecule has 100 valence electrons. The van der Waals surface area contributed by atoms with Crippen LogP contribution in [0.25, 0.3) is 0 Å². The van der Waals surface area contributed by atoms with E-state index in [0.29, 0.717) is 0 Å². The number of ether oxygens (including phenoxy) is 1. The standard InChI is InChI=1S/C19H18O/c1-3-7-17(18-8-5-4-6-9-18)13-10-16-11-14-19(20-2)15-12-16/h3-6,8-9,11-12,14-15,17H,1,7H2,2H3. The molecule has 20 heavy (non-hydrogen) atoms. The Labute approximate surface area is 120 Å². The lowest BCUT2D eigenvalue weighted by Crippen LogP contribution is -1.94. The van der Waals surface area contributed by atoms with Crippen LogP contribution in [0.4, 0.5) is 0 Å². The number of allylic oxidation sites excluding steroid dienone is 1. The molecule has 0 fully saturated rings. The molecular weight excluding hydrogens is 244 g/mol. The molecule has 1 unspecified atom stereocenters. The topological polar surface area (TPSA) is 9.23 Å². The van der Waals surface area contributed by atoms with E-state index in [2.05, 4.69) is 30.6 Å². The van der Waals surface area contributed by atoms with Gasteiger partial charge in [-0.2, -0.15) is 0 Å². The number of rotatable bonds is 4. The minimum atomic E-state index is 0.191. The Morgan fingerprint density at radius 3 is 2.40 bits per heavy atom. The van der Waals surface area contributed by atoms with Gasteiger partial charge in [-0.1, -0.05) is 48.2 Å². The van der Waals surface area contributed by atoms with E-state index in [4.69, 9.17) is 4.74 Å².